The molecular formula is C2H13O13P5. The Hall–Kier alpha value is 1.47. The van der Waals surface area contributed by atoms with Crippen LogP contribution < -0.4 is 0 Å². The Balaban J connectivity index is 0. The molecular weight excluding hydrogens is 387 g/mol. The summed E-state index contributed by atoms with van der Waals surface area (Å²) in [6.07, 6.45) is -0.0625. The first kappa shape index (κ1) is 23.7. The van der Waals surface area contributed by atoms with Crippen LogP contribution in [0.15, 0.2) is 0 Å². The average molecular weight is 400 g/mol. The van der Waals surface area contributed by atoms with Gasteiger partial charge in [0.05, 0.1) is 0 Å². The van der Waals surface area contributed by atoms with Crippen LogP contribution in [0, 0.1) is 0 Å². The lowest BCUT2D eigenvalue weighted by Gasteiger charge is -2.01. The first-order chi connectivity index (χ1) is 9.33. The van der Waals surface area contributed by atoms with E-state index >= 15 is 0 Å². The highest BCUT2D eigenvalue weighted by molar-refractivity contribution is 8.41. The first-order valence-electron chi connectivity index (χ1n) is 4.04. The van der Waals surface area contributed by atoms with Crippen molar-refractivity contribution >= 4 is 42.4 Å². The van der Waals surface area contributed by atoms with Crippen LogP contribution in [0.25, 0.3) is 0 Å². The molecule has 0 saturated heterocycles. The van der Waals surface area contributed by atoms with Crippen LogP contribution in [-0.2, 0) is 54.2 Å². The van der Waals surface area contributed by atoms with Gasteiger partial charge in [-0.2, -0.15) is 9.35 Å². The third-order valence-electron chi connectivity index (χ3n) is 0.762. The van der Waals surface area contributed by atoms with Crippen LogP contribution in [0.3, 0.4) is 0 Å². The predicted octanol–water partition coefficient (Wildman–Crippen LogP) is 1.34. The molecule has 2 N–H and O–H groups in total. The summed E-state index contributed by atoms with van der Waals surface area (Å²) in [6, 6.07) is 0. The molecule has 3 atom stereocenters. The standard InChI is InChI=1S/C2H7O3P.H6O10P4/c1-2-6(3,4)5;11-9-7-5-3-1-2-4-6-8-10-14(12)13/h2H2,1H3,(H2,3,4,5);11-13H2. The van der Waals surface area contributed by atoms with Gasteiger partial charge in [0.1, 0.15) is 7.53 Å². The van der Waals surface area contributed by atoms with Crippen LogP contribution in [-0.4, -0.2) is 15.9 Å². The molecule has 0 aliphatic carbocycles. The van der Waals surface area contributed by atoms with Gasteiger partial charge in [-0.05, 0) is 40.3 Å². The Bertz CT molecular complexity index is 231. The van der Waals surface area contributed by atoms with Crippen molar-refractivity contribution in [3.05, 3.63) is 0 Å². The SMILES string of the molecule is CCP(=O)(O)O.POOOOOOOOOOP(P)P. The van der Waals surface area contributed by atoms with Crippen molar-refractivity contribution in [2.75, 3.05) is 6.16 Å². The minimum atomic E-state index is -3.65. The largest absolute Gasteiger partial charge is 0.325 e. The van der Waals surface area contributed by atoms with E-state index in [-0.39, 0.29) is 6.16 Å². The smallest absolute Gasteiger partial charge is 0.324 e. The summed E-state index contributed by atoms with van der Waals surface area (Å²) in [5.41, 5.74) is 0. The first-order valence-corrected chi connectivity index (χ1v) is 10.8. The van der Waals surface area contributed by atoms with E-state index in [4.69, 9.17) is 9.79 Å². The molecule has 0 aliphatic rings. The molecule has 0 aliphatic heterocycles. The van der Waals surface area contributed by atoms with Crippen LogP contribution in [0.4, 0.5) is 0 Å². The Labute approximate surface area is 120 Å². The van der Waals surface area contributed by atoms with Gasteiger partial charge in [-0.25, -0.2) is 0 Å². The summed E-state index contributed by atoms with van der Waals surface area (Å²) in [7, 11) is 1.69. The van der Waals surface area contributed by atoms with E-state index in [0.29, 0.717) is 0 Å². The lowest BCUT2D eigenvalue weighted by molar-refractivity contribution is -0.837. The highest BCUT2D eigenvalue weighted by Crippen LogP contribution is 2.53. The van der Waals surface area contributed by atoms with Crippen molar-refractivity contribution in [1.29, 1.82) is 0 Å². The molecule has 0 fully saturated rings. The van der Waals surface area contributed by atoms with Gasteiger partial charge < -0.3 is 9.79 Å². The second-order valence-corrected chi connectivity index (χ2v) is 9.92. The minimum absolute atomic E-state index is 0.0625. The van der Waals surface area contributed by atoms with Crippen molar-refractivity contribution in [2.24, 2.45) is 0 Å². The number of hydrogen-bond donors (Lipinski definition) is 2. The third-order valence-corrected chi connectivity index (χ3v) is 2.41. The van der Waals surface area contributed by atoms with E-state index < -0.39 is 15.1 Å². The normalized spacial score (nSPS) is 11.3. The molecule has 0 rings (SSSR count). The second-order valence-electron chi connectivity index (χ2n) is 2.06. The monoisotopic (exact) mass is 400 g/mol. The Morgan fingerprint density at radius 2 is 1.30 bits per heavy atom. The van der Waals surface area contributed by atoms with Gasteiger partial charge in [0, 0.05) is 15.6 Å². The van der Waals surface area contributed by atoms with Gasteiger partial charge in [0.25, 0.3) is 0 Å². The molecule has 124 valence electrons. The highest BCUT2D eigenvalue weighted by atomic mass is 32.4. The number of hydrogen-bond acceptors (Lipinski definition) is 11. The fraction of sp³-hybridized carbons (Fsp3) is 1.00. The lowest BCUT2D eigenvalue weighted by Crippen LogP contribution is -2.00. The summed E-state index contributed by atoms with van der Waals surface area (Å²) < 4.78 is 17.9. The van der Waals surface area contributed by atoms with Crippen molar-refractivity contribution in [3.63, 3.8) is 0 Å². The van der Waals surface area contributed by atoms with Crippen molar-refractivity contribution < 1.29 is 64.0 Å². The summed E-state index contributed by atoms with van der Waals surface area (Å²) in [5.74, 6) is 0. The summed E-state index contributed by atoms with van der Waals surface area (Å²) >= 11 is 0. The van der Waals surface area contributed by atoms with Crippen molar-refractivity contribution in [2.45, 2.75) is 6.92 Å². The van der Waals surface area contributed by atoms with Crippen LogP contribution in [0.5, 0.6) is 0 Å². The fourth-order valence-electron chi connectivity index (χ4n) is 0.132. The summed E-state index contributed by atoms with van der Waals surface area (Å²) in [6.45, 7) is 1.45. The predicted molar refractivity (Wildman–Crippen MR) is 69.5 cm³/mol. The van der Waals surface area contributed by atoms with Crippen molar-refractivity contribution in [1.82, 2.24) is 0 Å². The van der Waals surface area contributed by atoms with Crippen molar-refractivity contribution in [3.8, 4) is 0 Å². The Morgan fingerprint density at radius 3 is 1.60 bits per heavy atom. The van der Waals surface area contributed by atoms with Crippen LogP contribution in [0.2, 0.25) is 0 Å². The van der Waals surface area contributed by atoms with E-state index in [9.17, 15) is 4.57 Å². The van der Waals surface area contributed by atoms with Gasteiger partial charge in [-0.1, -0.05) is 24.8 Å². The zero-order chi connectivity index (χ0) is 15.9. The fourth-order valence-corrected chi connectivity index (χ4v) is 0.470. The van der Waals surface area contributed by atoms with E-state index in [0.717, 1.165) is 0 Å². The van der Waals surface area contributed by atoms with E-state index in [2.05, 4.69) is 67.5 Å². The quantitative estimate of drug-likeness (QED) is 0.222. The molecule has 0 heterocycles. The maximum atomic E-state index is 9.69. The molecule has 0 saturated carbocycles. The molecule has 13 nitrogen and oxygen atoms in total. The van der Waals surface area contributed by atoms with Crippen LogP contribution >= 0.6 is 42.4 Å². The highest BCUT2D eigenvalue weighted by Gasteiger charge is 2.05. The van der Waals surface area contributed by atoms with Gasteiger partial charge in [0.15, 0.2) is 0 Å². The topological polar surface area (TPSA) is 150 Å². The molecule has 20 heavy (non-hydrogen) atoms. The van der Waals surface area contributed by atoms with Gasteiger partial charge in [-0.15, -0.1) is 0 Å². The minimum Gasteiger partial charge on any atom is -0.324 e. The Kier molecular flexibility index (Phi) is 20.0. The van der Waals surface area contributed by atoms with Gasteiger partial charge >= 0.3 is 7.60 Å². The molecule has 0 aromatic heterocycles. The number of rotatable bonds is 11. The van der Waals surface area contributed by atoms with E-state index in [1.165, 1.54) is 6.92 Å². The molecule has 3 unspecified atom stereocenters. The molecule has 0 radical (unpaired) electrons. The maximum Gasteiger partial charge on any atom is 0.325 e. The third kappa shape index (κ3) is 27.8. The summed E-state index contributed by atoms with van der Waals surface area (Å²) in [5, 5.41) is 29.5. The zero-order valence-electron chi connectivity index (χ0n) is 9.72. The molecule has 18 heteroatoms. The Morgan fingerprint density at radius 1 is 0.950 bits per heavy atom. The maximum absolute atomic E-state index is 9.69. The van der Waals surface area contributed by atoms with E-state index in [1.54, 1.807) is 9.47 Å². The van der Waals surface area contributed by atoms with Gasteiger partial charge in [-0.3, -0.25) is 4.57 Å². The zero-order valence-corrected chi connectivity index (χ0v) is 15.0. The second kappa shape index (κ2) is 16.8. The average Bonchev–Trinajstić information content (AvgIpc) is 2.36. The van der Waals surface area contributed by atoms with Gasteiger partial charge in [0.2, 0.25) is 0 Å². The molecule has 0 bridgehead atoms. The molecule has 0 aromatic rings. The molecule has 0 amide bonds. The lowest BCUT2D eigenvalue weighted by atomic mass is 11.0. The molecule has 0 spiro atoms. The van der Waals surface area contributed by atoms with Crippen LogP contribution in [0.1, 0.15) is 6.92 Å². The van der Waals surface area contributed by atoms with E-state index in [1.807, 2.05) is 0 Å². The summed E-state index contributed by atoms with van der Waals surface area (Å²) in [4.78, 5) is 15.9. The molecule has 0 aromatic carbocycles.